The van der Waals surface area contributed by atoms with Crippen molar-refractivity contribution in [2.45, 2.75) is 45.6 Å². The van der Waals surface area contributed by atoms with Crippen LogP contribution in [0.5, 0.6) is 5.75 Å². The molecule has 1 aromatic carbocycles. The highest BCUT2D eigenvalue weighted by Gasteiger charge is 2.17. The molecule has 0 aliphatic heterocycles. The van der Waals surface area contributed by atoms with E-state index in [1.807, 2.05) is 0 Å². The third-order valence-electron chi connectivity index (χ3n) is 5.76. The fourth-order valence-corrected chi connectivity index (χ4v) is 4.02. The number of H-pyrrole nitrogens is 1. The standard InChI is InChI=1S/C23H26N4O4/c1-2-27-22(29)17-11-10-16(13-18(17)25-23(27)30)21(28)26-20-19(9-6-12-24-20)31-14-15-7-4-3-5-8-15/h6,9-13,15H,2-5,7-8,14H2,1H3,(H,25,30)(H,24,26,28). The number of carbonyl (C=O) groups is 1. The van der Waals surface area contributed by atoms with E-state index in [2.05, 4.69) is 15.3 Å². The van der Waals surface area contributed by atoms with Gasteiger partial charge in [0, 0.05) is 18.3 Å². The Morgan fingerprint density at radius 1 is 1.23 bits per heavy atom. The molecule has 1 fully saturated rings. The smallest absolute Gasteiger partial charge is 0.328 e. The third kappa shape index (κ3) is 4.52. The van der Waals surface area contributed by atoms with Gasteiger partial charge in [0.2, 0.25) is 0 Å². The summed E-state index contributed by atoms with van der Waals surface area (Å²) in [6.07, 6.45) is 7.67. The average Bonchev–Trinajstić information content (AvgIpc) is 2.79. The molecule has 8 nitrogen and oxygen atoms in total. The zero-order valence-electron chi connectivity index (χ0n) is 17.5. The molecule has 8 heteroatoms. The summed E-state index contributed by atoms with van der Waals surface area (Å²) >= 11 is 0. The van der Waals surface area contributed by atoms with Crippen LogP contribution < -0.4 is 21.3 Å². The molecule has 0 bridgehead atoms. The molecule has 0 saturated heterocycles. The number of nitrogens with zero attached hydrogens (tertiary/aromatic N) is 2. The van der Waals surface area contributed by atoms with Crippen molar-refractivity contribution in [1.82, 2.24) is 14.5 Å². The van der Waals surface area contributed by atoms with Crippen LogP contribution in [0.3, 0.4) is 0 Å². The van der Waals surface area contributed by atoms with Crippen molar-refractivity contribution < 1.29 is 9.53 Å². The molecule has 1 saturated carbocycles. The maximum absolute atomic E-state index is 12.8. The summed E-state index contributed by atoms with van der Waals surface area (Å²) < 4.78 is 7.09. The summed E-state index contributed by atoms with van der Waals surface area (Å²) in [7, 11) is 0. The lowest BCUT2D eigenvalue weighted by atomic mass is 9.90. The number of amides is 1. The molecule has 0 radical (unpaired) electrons. The van der Waals surface area contributed by atoms with E-state index in [9.17, 15) is 14.4 Å². The van der Waals surface area contributed by atoms with E-state index >= 15 is 0 Å². The van der Waals surface area contributed by atoms with E-state index in [4.69, 9.17) is 4.74 Å². The van der Waals surface area contributed by atoms with Gasteiger partial charge in [-0.05, 0) is 56.0 Å². The number of aromatic nitrogens is 3. The minimum atomic E-state index is -0.499. The zero-order chi connectivity index (χ0) is 21.8. The van der Waals surface area contributed by atoms with Crippen molar-refractivity contribution >= 4 is 22.6 Å². The van der Waals surface area contributed by atoms with Crippen LogP contribution in [0.1, 0.15) is 49.4 Å². The zero-order valence-corrected chi connectivity index (χ0v) is 17.5. The summed E-state index contributed by atoms with van der Waals surface area (Å²) in [6, 6.07) is 8.16. The quantitative estimate of drug-likeness (QED) is 0.634. The van der Waals surface area contributed by atoms with Gasteiger partial charge in [0.1, 0.15) is 0 Å². The van der Waals surface area contributed by atoms with Crippen LogP contribution in [0, 0.1) is 5.92 Å². The largest absolute Gasteiger partial charge is 0.489 e. The van der Waals surface area contributed by atoms with Crippen molar-refractivity contribution in [3.63, 3.8) is 0 Å². The SMILES string of the molecule is CCn1c(=O)[nH]c2cc(C(=O)Nc3ncccc3OCC3CCCCC3)ccc2c1=O. The van der Waals surface area contributed by atoms with Crippen LogP contribution >= 0.6 is 0 Å². The van der Waals surface area contributed by atoms with Gasteiger partial charge in [-0.1, -0.05) is 19.3 Å². The lowest BCUT2D eigenvalue weighted by Crippen LogP contribution is -2.34. The number of nitrogens with one attached hydrogen (secondary N) is 2. The van der Waals surface area contributed by atoms with E-state index in [-0.39, 0.29) is 12.1 Å². The number of hydrogen-bond donors (Lipinski definition) is 2. The molecule has 162 valence electrons. The number of anilines is 1. The number of fused-ring (bicyclic) bond motifs is 1. The molecule has 1 amide bonds. The minimum Gasteiger partial charge on any atom is -0.489 e. The molecule has 2 heterocycles. The van der Waals surface area contributed by atoms with Gasteiger partial charge in [-0.25, -0.2) is 9.78 Å². The third-order valence-corrected chi connectivity index (χ3v) is 5.76. The number of pyridine rings is 1. The van der Waals surface area contributed by atoms with Crippen molar-refractivity contribution in [3.05, 3.63) is 62.9 Å². The van der Waals surface area contributed by atoms with Crippen molar-refractivity contribution in [2.24, 2.45) is 5.92 Å². The monoisotopic (exact) mass is 422 g/mol. The topological polar surface area (TPSA) is 106 Å². The lowest BCUT2D eigenvalue weighted by Gasteiger charge is -2.22. The highest BCUT2D eigenvalue weighted by molar-refractivity contribution is 6.06. The maximum Gasteiger partial charge on any atom is 0.328 e. The van der Waals surface area contributed by atoms with E-state index in [1.165, 1.54) is 25.3 Å². The second kappa shape index (κ2) is 9.16. The number of ether oxygens (including phenoxy) is 1. The van der Waals surface area contributed by atoms with E-state index < -0.39 is 11.6 Å². The molecule has 1 aliphatic carbocycles. The Labute approximate surface area is 179 Å². The summed E-state index contributed by atoms with van der Waals surface area (Å²) in [6.45, 7) is 2.61. The Hall–Kier alpha value is -3.42. The van der Waals surface area contributed by atoms with Gasteiger partial charge >= 0.3 is 5.69 Å². The van der Waals surface area contributed by atoms with Crippen LogP contribution in [0.4, 0.5) is 5.82 Å². The number of rotatable bonds is 6. The summed E-state index contributed by atoms with van der Waals surface area (Å²) in [4.78, 5) is 44.2. The number of carbonyl (C=O) groups excluding carboxylic acids is 1. The Bertz CT molecular complexity index is 1210. The van der Waals surface area contributed by atoms with Crippen LogP contribution in [0.2, 0.25) is 0 Å². The fourth-order valence-electron chi connectivity index (χ4n) is 4.02. The first-order valence-corrected chi connectivity index (χ1v) is 10.7. The average molecular weight is 422 g/mol. The molecule has 3 aromatic rings. The van der Waals surface area contributed by atoms with Gasteiger partial charge in [0.05, 0.1) is 17.5 Å². The summed E-state index contributed by atoms with van der Waals surface area (Å²) in [5.74, 6) is 1.00. The molecule has 0 spiro atoms. The predicted octanol–water partition coefficient (Wildman–Crippen LogP) is 3.32. The Morgan fingerprint density at radius 2 is 2.03 bits per heavy atom. The first-order valence-electron chi connectivity index (χ1n) is 10.7. The maximum atomic E-state index is 12.8. The van der Waals surface area contributed by atoms with Crippen LogP contribution in [-0.4, -0.2) is 27.0 Å². The number of hydrogen-bond acceptors (Lipinski definition) is 5. The molecule has 4 rings (SSSR count). The fraction of sp³-hybridized carbons (Fsp3) is 0.391. The molecule has 2 aromatic heterocycles. The molecular formula is C23H26N4O4. The van der Waals surface area contributed by atoms with E-state index in [1.54, 1.807) is 37.4 Å². The molecule has 2 N–H and O–H groups in total. The molecule has 0 unspecified atom stereocenters. The van der Waals surface area contributed by atoms with E-state index in [0.717, 1.165) is 17.4 Å². The van der Waals surface area contributed by atoms with Gasteiger partial charge in [-0.2, -0.15) is 0 Å². The van der Waals surface area contributed by atoms with Gasteiger partial charge < -0.3 is 15.0 Å². The normalized spacial score (nSPS) is 14.5. The van der Waals surface area contributed by atoms with Crippen LogP contribution in [-0.2, 0) is 6.54 Å². The second-order valence-corrected chi connectivity index (χ2v) is 7.86. The van der Waals surface area contributed by atoms with Gasteiger partial charge in [-0.15, -0.1) is 0 Å². The predicted molar refractivity (Wildman–Crippen MR) is 119 cm³/mol. The van der Waals surface area contributed by atoms with Crippen LogP contribution in [0.15, 0.2) is 46.1 Å². The Balaban J connectivity index is 1.53. The van der Waals surface area contributed by atoms with Crippen molar-refractivity contribution in [1.29, 1.82) is 0 Å². The van der Waals surface area contributed by atoms with Crippen molar-refractivity contribution in [3.8, 4) is 5.75 Å². The van der Waals surface area contributed by atoms with E-state index in [0.29, 0.717) is 40.6 Å². The molecule has 31 heavy (non-hydrogen) atoms. The second-order valence-electron chi connectivity index (χ2n) is 7.86. The van der Waals surface area contributed by atoms with Gasteiger partial charge in [0.25, 0.3) is 11.5 Å². The Morgan fingerprint density at radius 3 is 2.81 bits per heavy atom. The van der Waals surface area contributed by atoms with Crippen molar-refractivity contribution in [2.75, 3.05) is 11.9 Å². The summed E-state index contributed by atoms with van der Waals surface area (Å²) in [5, 5.41) is 3.13. The highest BCUT2D eigenvalue weighted by Crippen LogP contribution is 2.27. The summed E-state index contributed by atoms with van der Waals surface area (Å²) in [5.41, 5.74) is -0.250. The molecule has 0 atom stereocenters. The minimum absolute atomic E-state index is 0.273. The molecule has 1 aliphatic rings. The van der Waals surface area contributed by atoms with Crippen LogP contribution in [0.25, 0.3) is 10.9 Å². The first-order chi connectivity index (χ1) is 15.1. The highest BCUT2D eigenvalue weighted by atomic mass is 16.5. The molecular weight excluding hydrogens is 396 g/mol. The van der Waals surface area contributed by atoms with Gasteiger partial charge in [-0.3, -0.25) is 14.2 Å². The number of aromatic amines is 1. The first kappa shape index (κ1) is 20.8. The number of benzene rings is 1. The van der Waals surface area contributed by atoms with Gasteiger partial charge in [0.15, 0.2) is 11.6 Å². The lowest BCUT2D eigenvalue weighted by molar-refractivity contribution is 0.102. The Kier molecular flexibility index (Phi) is 6.16.